The van der Waals surface area contributed by atoms with E-state index in [1.807, 2.05) is 26.0 Å². The Balaban J connectivity index is 1.99. The van der Waals surface area contributed by atoms with Crippen LogP contribution in [-0.2, 0) is 0 Å². The zero-order valence-corrected chi connectivity index (χ0v) is 18.6. The van der Waals surface area contributed by atoms with Gasteiger partial charge in [0.2, 0.25) is 0 Å². The fraction of sp³-hybridized carbons (Fsp3) is 0.138. The van der Waals surface area contributed by atoms with Crippen molar-refractivity contribution in [2.24, 2.45) is 0 Å². The third-order valence-electron chi connectivity index (χ3n) is 6.42. The summed E-state index contributed by atoms with van der Waals surface area (Å²) in [6.45, 7) is 8.15. The van der Waals surface area contributed by atoms with Gasteiger partial charge in [-0.15, -0.1) is 0 Å². The van der Waals surface area contributed by atoms with Crippen LogP contribution in [0.1, 0.15) is 27.8 Å². The first-order valence-electron chi connectivity index (χ1n) is 10.7. The summed E-state index contributed by atoms with van der Waals surface area (Å²) in [5, 5.41) is 12.2. The highest BCUT2D eigenvalue weighted by atomic mass is 19.1. The van der Waals surface area contributed by atoms with Crippen molar-refractivity contribution in [2.75, 3.05) is 0 Å². The highest BCUT2D eigenvalue weighted by molar-refractivity contribution is 6.12. The predicted molar refractivity (Wildman–Crippen MR) is 130 cm³/mol. The van der Waals surface area contributed by atoms with Gasteiger partial charge in [-0.1, -0.05) is 30.3 Å². The zero-order chi connectivity index (χ0) is 22.6. The van der Waals surface area contributed by atoms with Crippen molar-refractivity contribution < 1.29 is 4.39 Å². The Kier molecular flexibility index (Phi) is 4.60. The van der Waals surface area contributed by atoms with Crippen molar-refractivity contribution >= 4 is 21.8 Å². The lowest BCUT2D eigenvalue weighted by Crippen LogP contribution is -2.01. The lowest BCUT2D eigenvalue weighted by atomic mass is 9.94. The number of fused-ring (bicyclic) bond motifs is 3. The van der Waals surface area contributed by atoms with E-state index in [0.29, 0.717) is 5.56 Å². The molecule has 0 aliphatic carbocycles. The van der Waals surface area contributed by atoms with Crippen LogP contribution in [0.5, 0.6) is 0 Å². The predicted octanol–water partition coefficient (Wildman–Crippen LogP) is 7.70. The fourth-order valence-corrected chi connectivity index (χ4v) is 4.86. The number of rotatable bonds is 2. The molecule has 0 amide bonds. The van der Waals surface area contributed by atoms with Crippen molar-refractivity contribution in [3.8, 4) is 22.9 Å². The van der Waals surface area contributed by atoms with E-state index in [9.17, 15) is 9.65 Å². The summed E-state index contributed by atoms with van der Waals surface area (Å²) in [5.41, 5.74) is 9.92. The largest absolute Gasteiger partial charge is 0.309 e. The average molecular weight is 419 g/mol. The first-order chi connectivity index (χ1) is 15.4. The Hall–Kier alpha value is -3.90. The number of aryl methyl sites for hydroxylation is 4. The highest BCUT2D eigenvalue weighted by Crippen LogP contribution is 2.40. The normalized spacial score (nSPS) is 11.2. The Bertz CT molecular complexity index is 1520. The number of hydrogen-bond donors (Lipinski definition) is 0. The van der Waals surface area contributed by atoms with Crippen LogP contribution in [0, 0.1) is 44.8 Å². The molecule has 0 aliphatic heterocycles. The van der Waals surface area contributed by atoms with E-state index >= 15 is 0 Å². The number of benzene rings is 4. The Morgan fingerprint density at radius 3 is 1.88 bits per heavy atom. The molecular formula is C29H23FN2. The molecule has 0 aliphatic rings. The van der Waals surface area contributed by atoms with Crippen LogP contribution in [0.4, 0.5) is 4.39 Å². The summed E-state index contributed by atoms with van der Waals surface area (Å²) in [5.74, 6) is -0.249. The van der Waals surface area contributed by atoms with E-state index in [1.165, 1.54) is 28.0 Å². The third kappa shape index (κ3) is 2.92. The van der Waals surface area contributed by atoms with Crippen molar-refractivity contribution in [2.45, 2.75) is 27.7 Å². The molecule has 0 bridgehead atoms. The Morgan fingerprint density at radius 2 is 1.31 bits per heavy atom. The quantitative estimate of drug-likeness (QED) is 0.289. The number of halogens is 1. The van der Waals surface area contributed by atoms with Gasteiger partial charge in [-0.25, -0.2) is 4.39 Å². The fourth-order valence-electron chi connectivity index (χ4n) is 4.86. The van der Waals surface area contributed by atoms with Crippen LogP contribution in [0.2, 0.25) is 0 Å². The molecule has 5 rings (SSSR count). The molecule has 0 atom stereocenters. The molecule has 2 nitrogen and oxygen atoms in total. The Morgan fingerprint density at radius 1 is 0.688 bits per heavy atom. The summed E-state index contributed by atoms with van der Waals surface area (Å²) >= 11 is 0. The molecule has 0 saturated carbocycles. The van der Waals surface area contributed by atoms with Gasteiger partial charge in [-0.3, -0.25) is 0 Å². The second-order valence-corrected chi connectivity index (χ2v) is 8.53. The van der Waals surface area contributed by atoms with Gasteiger partial charge in [0.05, 0.1) is 28.4 Å². The van der Waals surface area contributed by atoms with Crippen molar-refractivity contribution in [3.63, 3.8) is 0 Å². The summed E-state index contributed by atoms with van der Waals surface area (Å²) in [6, 6.07) is 24.0. The molecule has 3 heteroatoms. The highest BCUT2D eigenvalue weighted by Gasteiger charge is 2.20. The summed E-state index contributed by atoms with van der Waals surface area (Å²) in [6.07, 6.45) is 0. The molecule has 1 heterocycles. The minimum atomic E-state index is -0.249. The van der Waals surface area contributed by atoms with Gasteiger partial charge >= 0.3 is 0 Å². The molecule has 32 heavy (non-hydrogen) atoms. The molecule has 4 aromatic carbocycles. The van der Waals surface area contributed by atoms with Crippen LogP contribution in [-0.4, -0.2) is 4.57 Å². The maximum Gasteiger partial charge on any atom is 0.123 e. The van der Waals surface area contributed by atoms with E-state index in [-0.39, 0.29) is 5.82 Å². The van der Waals surface area contributed by atoms with Gasteiger partial charge in [0.1, 0.15) is 5.82 Å². The average Bonchev–Trinajstić information content (AvgIpc) is 3.10. The number of nitrogens with zero attached hydrogens (tertiary/aromatic N) is 2. The van der Waals surface area contributed by atoms with Crippen LogP contribution in [0.15, 0.2) is 66.7 Å². The van der Waals surface area contributed by atoms with Gasteiger partial charge in [-0.05, 0) is 91.9 Å². The minimum Gasteiger partial charge on any atom is -0.309 e. The maximum absolute atomic E-state index is 13.9. The van der Waals surface area contributed by atoms with Crippen LogP contribution < -0.4 is 0 Å². The Labute approximate surface area is 187 Å². The number of hydrogen-bond acceptors (Lipinski definition) is 1. The van der Waals surface area contributed by atoms with Gasteiger partial charge in [0, 0.05) is 16.3 Å². The molecule has 0 spiro atoms. The molecular weight excluding hydrogens is 395 g/mol. The lowest BCUT2D eigenvalue weighted by Gasteiger charge is -2.17. The second kappa shape index (κ2) is 7.35. The monoisotopic (exact) mass is 418 g/mol. The third-order valence-corrected chi connectivity index (χ3v) is 6.42. The first kappa shape index (κ1) is 20.0. The van der Waals surface area contributed by atoms with Crippen molar-refractivity contribution in [3.05, 3.63) is 100 Å². The maximum atomic E-state index is 13.9. The SMILES string of the molecule is Cc1cc(-c2ccc(F)cc2C)c(-n2c3cccc(C)c3c3c(C)cccc32)cc1C#N. The molecule has 0 radical (unpaired) electrons. The number of nitriles is 1. The standard InChI is InChI=1S/C29H23FN2/c1-17-7-5-9-25-28(17)29-18(2)8-6-10-26(29)32(25)27-15-21(16-31)19(3)14-24(27)23-12-11-22(30)13-20(23)4/h5-15H,1-4H3. The van der Waals surface area contributed by atoms with Crippen LogP contribution in [0.25, 0.3) is 38.6 Å². The topological polar surface area (TPSA) is 28.7 Å². The van der Waals surface area contributed by atoms with Gasteiger partial charge in [0.25, 0.3) is 0 Å². The minimum absolute atomic E-state index is 0.249. The first-order valence-corrected chi connectivity index (χ1v) is 10.7. The molecule has 0 unspecified atom stereocenters. The van der Waals surface area contributed by atoms with Gasteiger partial charge in [0.15, 0.2) is 0 Å². The molecule has 0 fully saturated rings. The van der Waals surface area contributed by atoms with Gasteiger partial charge < -0.3 is 4.57 Å². The van der Waals surface area contributed by atoms with E-state index < -0.39 is 0 Å². The molecule has 0 N–H and O–H groups in total. The molecule has 0 saturated heterocycles. The zero-order valence-electron chi connectivity index (χ0n) is 18.6. The van der Waals surface area contributed by atoms with E-state index in [0.717, 1.165) is 39.0 Å². The lowest BCUT2D eigenvalue weighted by molar-refractivity contribution is 0.627. The summed E-state index contributed by atoms with van der Waals surface area (Å²) < 4.78 is 16.1. The summed E-state index contributed by atoms with van der Waals surface area (Å²) in [4.78, 5) is 0. The van der Waals surface area contributed by atoms with Crippen LogP contribution in [0.3, 0.4) is 0 Å². The van der Waals surface area contributed by atoms with Crippen molar-refractivity contribution in [1.29, 1.82) is 5.26 Å². The summed E-state index contributed by atoms with van der Waals surface area (Å²) in [7, 11) is 0. The molecule has 156 valence electrons. The van der Waals surface area contributed by atoms with E-state index in [1.54, 1.807) is 6.07 Å². The smallest absolute Gasteiger partial charge is 0.123 e. The van der Waals surface area contributed by atoms with Crippen molar-refractivity contribution in [1.82, 2.24) is 4.57 Å². The number of aromatic nitrogens is 1. The van der Waals surface area contributed by atoms with Crippen LogP contribution >= 0.6 is 0 Å². The van der Waals surface area contributed by atoms with E-state index in [2.05, 4.69) is 66.9 Å². The molecule has 1 aromatic heterocycles. The molecule has 5 aromatic rings. The second-order valence-electron chi connectivity index (χ2n) is 8.53. The van der Waals surface area contributed by atoms with Gasteiger partial charge in [-0.2, -0.15) is 5.26 Å². The van der Waals surface area contributed by atoms with E-state index in [4.69, 9.17) is 0 Å².